The Balaban J connectivity index is 2.21. The highest BCUT2D eigenvalue weighted by molar-refractivity contribution is 5.79. The van der Waals surface area contributed by atoms with Crippen LogP contribution in [0.3, 0.4) is 0 Å². The number of unbranched alkanes of at least 4 members (excludes halogenated alkanes) is 4. The number of nitrogens with one attached hydrogen (secondary N) is 1. The Labute approximate surface area is 149 Å². The van der Waals surface area contributed by atoms with Gasteiger partial charge in [-0.2, -0.15) is 0 Å². The maximum Gasteiger partial charge on any atom is 0.193 e. The van der Waals surface area contributed by atoms with Crippen LogP contribution in [0.5, 0.6) is 0 Å². The maximum atomic E-state index is 4.41. The van der Waals surface area contributed by atoms with Crippen molar-refractivity contribution < 1.29 is 0 Å². The summed E-state index contributed by atoms with van der Waals surface area (Å²) < 4.78 is 0. The molecule has 1 aromatic rings. The molecule has 136 valence electrons. The second-order valence-corrected chi connectivity index (χ2v) is 6.83. The molecule has 0 atom stereocenters. The maximum absolute atomic E-state index is 4.41. The van der Waals surface area contributed by atoms with Gasteiger partial charge in [-0.25, -0.2) is 0 Å². The van der Waals surface area contributed by atoms with E-state index in [2.05, 4.69) is 72.4 Å². The van der Waals surface area contributed by atoms with Crippen LogP contribution in [-0.4, -0.2) is 57.0 Å². The first-order valence-electron chi connectivity index (χ1n) is 9.15. The third-order valence-electron chi connectivity index (χ3n) is 4.31. The van der Waals surface area contributed by atoms with E-state index < -0.39 is 0 Å². The highest BCUT2D eigenvalue weighted by atomic mass is 15.3. The number of aliphatic imine (C=N–C) groups is 1. The highest BCUT2D eigenvalue weighted by Gasteiger charge is 2.07. The molecule has 0 saturated heterocycles. The molecule has 0 aliphatic carbocycles. The van der Waals surface area contributed by atoms with Gasteiger partial charge in [-0.3, -0.25) is 4.99 Å². The SMILES string of the molecule is CN=C(NCCCCCCCN(C)C)N(C)Cc1ccccc1C. The number of aryl methyl sites for hydroxylation is 1. The van der Waals surface area contributed by atoms with E-state index >= 15 is 0 Å². The summed E-state index contributed by atoms with van der Waals surface area (Å²) in [4.78, 5) is 8.86. The molecule has 0 amide bonds. The fourth-order valence-electron chi connectivity index (χ4n) is 2.79. The summed E-state index contributed by atoms with van der Waals surface area (Å²) in [6, 6.07) is 8.54. The first-order chi connectivity index (χ1) is 11.5. The molecular weight excluding hydrogens is 296 g/mol. The lowest BCUT2D eigenvalue weighted by atomic mass is 10.1. The van der Waals surface area contributed by atoms with Crippen LogP contribution in [0.25, 0.3) is 0 Å². The Hall–Kier alpha value is -1.55. The summed E-state index contributed by atoms with van der Waals surface area (Å²) >= 11 is 0. The molecule has 1 aromatic carbocycles. The molecule has 0 saturated carbocycles. The summed E-state index contributed by atoms with van der Waals surface area (Å²) in [6.45, 7) is 5.25. The van der Waals surface area contributed by atoms with E-state index in [0.29, 0.717) is 0 Å². The van der Waals surface area contributed by atoms with Crippen molar-refractivity contribution in [2.75, 3.05) is 41.3 Å². The van der Waals surface area contributed by atoms with Crippen molar-refractivity contribution in [1.82, 2.24) is 15.1 Å². The number of benzene rings is 1. The summed E-state index contributed by atoms with van der Waals surface area (Å²) in [5.41, 5.74) is 2.68. The van der Waals surface area contributed by atoms with Gasteiger partial charge in [0.2, 0.25) is 0 Å². The molecule has 0 spiro atoms. The van der Waals surface area contributed by atoms with Gasteiger partial charge in [0.25, 0.3) is 0 Å². The van der Waals surface area contributed by atoms with Crippen molar-refractivity contribution >= 4 is 5.96 Å². The van der Waals surface area contributed by atoms with Crippen molar-refractivity contribution in [3.63, 3.8) is 0 Å². The van der Waals surface area contributed by atoms with Crippen LogP contribution in [-0.2, 0) is 6.54 Å². The molecule has 0 radical (unpaired) electrons. The second kappa shape index (κ2) is 11.9. The Bertz CT molecular complexity index is 482. The molecule has 0 fully saturated rings. The summed E-state index contributed by atoms with van der Waals surface area (Å²) in [7, 11) is 8.24. The Kier molecular flexibility index (Phi) is 10.2. The first kappa shape index (κ1) is 20.5. The topological polar surface area (TPSA) is 30.9 Å². The molecule has 0 aliphatic rings. The minimum Gasteiger partial charge on any atom is -0.356 e. The molecule has 0 bridgehead atoms. The standard InChI is InChI=1S/C20H36N4/c1-18-13-9-10-14-19(18)17-24(5)20(21-2)22-15-11-7-6-8-12-16-23(3)4/h9-10,13-14H,6-8,11-12,15-17H2,1-5H3,(H,21,22). The number of guanidine groups is 1. The fourth-order valence-corrected chi connectivity index (χ4v) is 2.79. The lowest BCUT2D eigenvalue weighted by Gasteiger charge is -2.23. The zero-order chi connectivity index (χ0) is 17.8. The number of hydrogen-bond donors (Lipinski definition) is 1. The molecular formula is C20H36N4. The minimum absolute atomic E-state index is 0.886. The van der Waals surface area contributed by atoms with E-state index in [1.807, 2.05) is 7.05 Å². The van der Waals surface area contributed by atoms with Gasteiger partial charge >= 0.3 is 0 Å². The highest BCUT2D eigenvalue weighted by Crippen LogP contribution is 2.09. The Morgan fingerprint density at radius 3 is 2.33 bits per heavy atom. The summed E-state index contributed by atoms with van der Waals surface area (Å²) in [5.74, 6) is 0.978. The predicted octanol–water partition coefficient (Wildman–Crippen LogP) is 3.51. The van der Waals surface area contributed by atoms with Gasteiger partial charge in [0, 0.05) is 27.2 Å². The lowest BCUT2D eigenvalue weighted by molar-refractivity contribution is 0.389. The van der Waals surface area contributed by atoms with E-state index in [9.17, 15) is 0 Å². The normalized spacial score (nSPS) is 11.8. The molecule has 0 unspecified atom stereocenters. The molecule has 24 heavy (non-hydrogen) atoms. The van der Waals surface area contributed by atoms with Gasteiger partial charge in [-0.05, 0) is 51.5 Å². The van der Waals surface area contributed by atoms with Crippen LogP contribution in [0.4, 0.5) is 0 Å². The molecule has 4 nitrogen and oxygen atoms in total. The van der Waals surface area contributed by atoms with E-state index in [4.69, 9.17) is 0 Å². The van der Waals surface area contributed by atoms with Gasteiger partial charge in [-0.1, -0.05) is 43.5 Å². The quantitative estimate of drug-likeness (QED) is 0.404. The average Bonchev–Trinajstić information content (AvgIpc) is 2.55. The van der Waals surface area contributed by atoms with Crippen molar-refractivity contribution in [3.8, 4) is 0 Å². The monoisotopic (exact) mass is 332 g/mol. The average molecular weight is 333 g/mol. The predicted molar refractivity (Wildman–Crippen MR) is 106 cm³/mol. The van der Waals surface area contributed by atoms with Crippen LogP contribution in [0.2, 0.25) is 0 Å². The van der Waals surface area contributed by atoms with Crippen LogP contribution < -0.4 is 5.32 Å². The second-order valence-electron chi connectivity index (χ2n) is 6.83. The smallest absolute Gasteiger partial charge is 0.193 e. The molecule has 1 rings (SSSR count). The summed E-state index contributed by atoms with van der Waals surface area (Å²) in [6.07, 6.45) is 6.46. The van der Waals surface area contributed by atoms with Gasteiger partial charge in [-0.15, -0.1) is 0 Å². The van der Waals surface area contributed by atoms with Gasteiger partial charge in [0.05, 0.1) is 0 Å². The molecule has 4 heteroatoms. The van der Waals surface area contributed by atoms with E-state index in [1.54, 1.807) is 0 Å². The van der Waals surface area contributed by atoms with Crippen LogP contribution >= 0.6 is 0 Å². The van der Waals surface area contributed by atoms with Gasteiger partial charge in [0.15, 0.2) is 5.96 Å². The molecule has 0 aliphatic heterocycles. The van der Waals surface area contributed by atoms with E-state index in [1.165, 1.54) is 49.8 Å². The van der Waals surface area contributed by atoms with Crippen molar-refractivity contribution in [2.45, 2.75) is 45.6 Å². The third kappa shape index (κ3) is 8.34. The zero-order valence-corrected chi connectivity index (χ0v) is 16.3. The number of hydrogen-bond acceptors (Lipinski definition) is 2. The van der Waals surface area contributed by atoms with Gasteiger partial charge < -0.3 is 15.1 Å². The van der Waals surface area contributed by atoms with Crippen molar-refractivity contribution in [3.05, 3.63) is 35.4 Å². The largest absolute Gasteiger partial charge is 0.356 e. The van der Waals surface area contributed by atoms with Crippen molar-refractivity contribution in [1.29, 1.82) is 0 Å². The zero-order valence-electron chi connectivity index (χ0n) is 16.3. The lowest BCUT2D eigenvalue weighted by Crippen LogP contribution is -2.39. The van der Waals surface area contributed by atoms with Crippen molar-refractivity contribution in [2.24, 2.45) is 4.99 Å². The fraction of sp³-hybridized carbons (Fsp3) is 0.650. The van der Waals surface area contributed by atoms with E-state index in [0.717, 1.165) is 19.0 Å². The van der Waals surface area contributed by atoms with E-state index in [-0.39, 0.29) is 0 Å². The molecule has 1 N–H and O–H groups in total. The minimum atomic E-state index is 0.886. The van der Waals surface area contributed by atoms with Crippen LogP contribution in [0.1, 0.15) is 43.2 Å². The number of nitrogens with zero attached hydrogens (tertiary/aromatic N) is 3. The third-order valence-corrected chi connectivity index (χ3v) is 4.31. The number of rotatable bonds is 10. The van der Waals surface area contributed by atoms with Crippen LogP contribution in [0, 0.1) is 6.92 Å². The van der Waals surface area contributed by atoms with Gasteiger partial charge in [0.1, 0.15) is 0 Å². The van der Waals surface area contributed by atoms with Crippen LogP contribution in [0.15, 0.2) is 29.3 Å². The summed E-state index contributed by atoms with van der Waals surface area (Å²) in [5, 5.41) is 3.49. The Morgan fingerprint density at radius 1 is 1.00 bits per heavy atom. The molecule has 0 heterocycles. The molecule has 0 aromatic heterocycles. The first-order valence-corrected chi connectivity index (χ1v) is 9.15. The Morgan fingerprint density at radius 2 is 1.67 bits per heavy atom.